The summed E-state index contributed by atoms with van der Waals surface area (Å²) in [6.07, 6.45) is 0. The zero-order valence-corrected chi connectivity index (χ0v) is 10.9. The maximum absolute atomic E-state index is 3.86. The summed E-state index contributed by atoms with van der Waals surface area (Å²) in [5, 5.41) is 3.20. The second-order valence-electron chi connectivity index (χ2n) is 2.80. The summed E-state index contributed by atoms with van der Waals surface area (Å²) in [6, 6.07) is 0. The van der Waals surface area contributed by atoms with Gasteiger partial charge in [-0.2, -0.15) is 0 Å². The number of hydrogen-bond donors (Lipinski definition) is 1. The lowest BCUT2D eigenvalue weighted by molar-refractivity contribution is 0.416. The van der Waals surface area contributed by atoms with Crippen molar-refractivity contribution in [3.05, 3.63) is 23.7 Å². The molecule has 0 aromatic heterocycles. The van der Waals surface area contributed by atoms with E-state index in [1.54, 1.807) is 0 Å². The van der Waals surface area contributed by atoms with E-state index in [0.717, 1.165) is 12.2 Å². The van der Waals surface area contributed by atoms with Crippen molar-refractivity contribution in [1.29, 1.82) is 0 Å². The Balaban J connectivity index is 0. The molecule has 2 heteroatoms. The van der Waals surface area contributed by atoms with Crippen LogP contribution in [0, 0.1) is 0 Å². The molecule has 1 rings (SSSR count). The minimum absolute atomic E-state index is 0.920. The number of likely N-dealkylation sites (N-methyl/N-ethyl adjacent to an activating group) is 1. The van der Waals surface area contributed by atoms with Crippen molar-refractivity contribution in [1.82, 2.24) is 10.2 Å². The van der Waals surface area contributed by atoms with Gasteiger partial charge in [0.25, 0.3) is 0 Å². The molecule has 14 heavy (non-hydrogen) atoms. The molecule has 0 saturated heterocycles. The van der Waals surface area contributed by atoms with E-state index in [-0.39, 0.29) is 0 Å². The van der Waals surface area contributed by atoms with Crippen LogP contribution in [0.1, 0.15) is 41.5 Å². The smallest absolute Gasteiger partial charge is 0.0568 e. The van der Waals surface area contributed by atoms with Gasteiger partial charge in [0, 0.05) is 24.1 Å². The average Bonchev–Trinajstić information content (AvgIpc) is 2.20. The fourth-order valence-corrected chi connectivity index (χ4v) is 1.09. The topological polar surface area (TPSA) is 15.3 Å². The van der Waals surface area contributed by atoms with E-state index < -0.39 is 0 Å². The summed E-state index contributed by atoms with van der Waals surface area (Å²) in [4.78, 5) is 2.19. The van der Waals surface area contributed by atoms with Crippen molar-refractivity contribution >= 4 is 0 Å². The van der Waals surface area contributed by atoms with Gasteiger partial charge in [-0.3, -0.25) is 0 Å². The van der Waals surface area contributed by atoms with Crippen LogP contribution in [-0.2, 0) is 0 Å². The molecule has 0 unspecified atom stereocenters. The van der Waals surface area contributed by atoms with Crippen LogP contribution < -0.4 is 5.32 Å². The van der Waals surface area contributed by atoms with Crippen molar-refractivity contribution in [2.45, 2.75) is 41.5 Å². The number of hydrogen-bond acceptors (Lipinski definition) is 2. The van der Waals surface area contributed by atoms with Gasteiger partial charge in [0.15, 0.2) is 0 Å². The van der Waals surface area contributed by atoms with Gasteiger partial charge < -0.3 is 10.2 Å². The first-order valence-corrected chi connectivity index (χ1v) is 5.44. The molecule has 2 nitrogen and oxygen atoms in total. The maximum atomic E-state index is 3.86. The van der Waals surface area contributed by atoms with Crippen LogP contribution in [0.5, 0.6) is 0 Å². The lowest BCUT2D eigenvalue weighted by Crippen LogP contribution is -2.32. The normalized spacial score (nSPS) is 14.8. The number of rotatable bonds is 0. The fraction of sp³-hybridized carbons (Fsp3) is 0.667. The largest absolute Gasteiger partial charge is 0.371 e. The predicted octanol–water partition coefficient (Wildman–Crippen LogP) is 3.34. The molecular formula is C12H26N2. The Bertz CT molecular complexity index is 192. The minimum Gasteiger partial charge on any atom is -0.371 e. The summed E-state index contributed by atoms with van der Waals surface area (Å²) < 4.78 is 0. The third-order valence-electron chi connectivity index (χ3n) is 1.91. The Morgan fingerprint density at radius 1 is 1.14 bits per heavy atom. The zero-order chi connectivity index (χ0) is 11.7. The second kappa shape index (κ2) is 8.67. The minimum atomic E-state index is 0.920. The van der Waals surface area contributed by atoms with E-state index in [1.807, 2.05) is 27.7 Å². The Labute approximate surface area is 89.7 Å². The van der Waals surface area contributed by atoms with Crippen LogP contribution >= 0.6 is 0 Å². The third kappa shape index (κ3) is 4.95. The molecule has 0 aromatic carbocycles. The molecule has 0 atom stereocenters. The number of allylic oxidation sites excluding steroid dienone is 2. The molecule has 0 radical (unpaired) electrons. The highest BCUT2D eigenvalue weighted by Gasteiger charge is 2.10. The monoisotopic (exact) mass is 198 g/mol. The van der Waals surface area contributed by atoms with Gasteiger partial charge in [-0.25, -0.2) is 0 Å². The second-order valence-corrected chi connectivity index (χ2v) is 2.80. The van der Waals surface area contributed by atoms with E-state index in [0.29, 0.717) is 0 Å². The first kappa shape index (κ1) is 15.5. The molecule has 0 aliphatic carbocycles. The molecule has 84 valence electrons. The maximum Gasteiger partial charge on any atom is 0.0568 e. The van der Waals surface area contributed by atoms with Crippen LogP contribution in [-0.4, -0.2) is 18.5 Å². The molecule has 0 spiro atoms. The van der Waals surface area contributed by atoms with Gasteiger partial charge in [-0.1, -0.05) is 34.3 Å². The van der Waals surface area contributed by atoms with Crippen molar-refractivity contribution in [2.75, 3.05) is 13.6 Å². The Morgan fingerprint density at radius 3 is 1.93 bits per heavy atom. The molecular weight excluding hydrogens is 172 g/mol. The van der Waals surface area contributed by atoms with E-state index >= 15 is 0 Å². The van der Waals surface area contributed by atoms with E-state index in [2.05, 4.69) is 37.7 Å². The fourth-order valence-electron chi connectivity index (χ4n) is 1.09. The highest BCUT2D eigenvalue weighted by molar-refractivity contribution is 5.19. The van der Waals surface area contributed by atoms with Crippen LogP contribution in [0.15, 0.2) is 23.7 Å². The molecule has 0 saturated carbocycles. The van der Waals surface area contributed by atoms with Crippen LogP contribution in [0.3, 0.4) is 0 Å². The lowest BCUT2D eigenvalue weighted by Gasteiger charge is -2.29. The molecule has 0 bridgehead atoms. The summed E-state index contributed by atoms with van der Waals surface area (Å²) in [7, 11) is 2.07. The molecule has 1 heterocycles. The highest BCUT2D eigenvalue weighted by Crippen LogP contribution is 2.12. The van der Waals surface area contributed by atoms with Crippen LogP contribution in [0.4, 0.5) is 0 Å². The molecule has 1 aliphatic heterocycles. The molecule has 0 amide bonds. The SMILES string of the molecule is C=C1CN(C)C(C)=C(C)N1.CC.CC. The quantitative estimate of drug-likeness (QED) is 0.642. The van der Waals surface area contributed by atoms with Crippen molar-refractivity contribution in [2.24, 2.45) is 0 Å². The predicted molar refractivity (Wildman–Crippen MR) is 66.0 cm³/mol. The molecule has 0 aromatic rings. The third-order valence-corrected chi connectivity index (χ3v) is 1.91. The van der Waals surface area contributed by atoms with Crippen LogP contribution in [0.2, 0.25) is 0 Å². The van der Waals surface area contributed by atoms with Gasteiger partial charge >= 0.3 is 0 Å². The molecule has 1 N–H and O–H groups in total. The van der Waals surface area contributed by atoms with E-state index in [1.165, 1.54) is 11.4 Å². The molecule has 1 aliphatic rings. The standard InChI is InChI=1S/C8H14N2.2C2H6/c1-6-5-10(4)8(3)7(2)9-6;2*1-2/h9H,1,5H2,2-4H3;2*1-2H3. The average molecular weight is 198 g/mol. The number of nitrogens with zero attached hydrogens (tertiary/aromatic N) is 1. The van der Waals surface area contributed by atoms with Crippen molar-refractivity contribution < 1.29 is 0 Å². The Kier molecular flexibility index (Phi) is 9.63. The summed E-state index contributed by atoms with van der Waals surface area (Å²) >= 11 is 0. The summed E-state index contributed by atoms with van der Waals surface area (Å²) in [5.41, 5.74) is 3.58. The van der Waals surface area contributed by atoms with Crippen molar-refractivity contribution in [3.63, 3.8) is 0 Å². The lowest BCUT2D eigenvalue weighted by atomic mass is 10.2. The summed E-state index contributed by atoms with van der Waals surface area (Å²) in [6.45, 7) is 17.0. The van der Waals surface area contributed by atoms with Gasteiger partial charge in [0.2, 0.25) is 0 Å². The van der Waals surface area contributed by atoms with Gasteiger partial charge in [0.05, 0.1) is 6.54 Å². The number of nitrogens with one attached hydrogen (secondary N) is 1. The van der Waals surface area contributed by atoms with Gasteiger partial charge in [0.1, 0.15) is 0 Å². The summed E-state index contributed by atoms with van der Waals surface area (Å²) in [5.74, 6) is 0. The Morgan fingerprint density at radius 2 is 1.57 bits per heavy atom. The van der Waals surface area contributed by atoms with Crippen LogP contribution in [0.25, 0.3) is 0 Å². The first-order chi connectivity index (χ1) is 6.61. The van der Waals surface area contributed by atoms with Gasteiger partial charge in [-0.05, 0) is 13.8 Å². The van der Waals surface area contributed by atoms with Gasteiger partial charge in [-0.15, -0.1) is 0 Å². The molecule has 0 fully saturated rings. The van der Waals surface area contributed by atoms with E-state index in [9.17, 15) is 0 Å². The first-order valence-electron chi connectivity index (χ1n) is 5.44. The zero-order valence-electron chi connectivity index (χ0n) is 10.9. The highest BCUT2D eigenvalue weighted by atomic mass is 15.2. The Hall–Kier alpha value is -0.920. The van der Waals surface area contributed by atoms with Crippen molar-refractivity contribution in [3.8, 4) is 0 Å². The van der Waals surface area contributed by atoms with E-state index in [4.69, 9.17) is 0 Å².